The molecule has 1 saturated carbocycles. The number of aromatic amines is 1. The molecule has 1 saturated heterocycles. The number of nitrogens with two attached hydrogens (primary N) is 1. The number of amides is 6. The van der Waals surface area contributed by atoms with Crippen molar-refractivity contribution in [2.45, 2.75) is 120 Å². The van der Waals surface area contributed by atoms with Gasteiger partial charge in [0.1, 0.15) is 41.9 Å². The van der Waals surface area contributed by atoms with Crippen LogP contribution in [0.15, 0.2) is 30.7 Å². The highest BCUT2D eigenvalue weighted by molar-refractivity contribution is 7.98. The van der Waals surface area contributed by atoms with Crippen LogP contribution in [0.3, 0.4) is 0 Å². The molecule has 0 spiro atoms. The topological polar surface area (TPSA) is 356 Å². The van der Waals surface area contributed by atoms with Crippen LogP contribution in [0.4, 0.5) is 17.1 Å². The summed E-state index contributed by atoms with van der Waals surface area (Å²) in [5.74, 6) is -5.42. The molecule has 0 bridgehead atoms. The number of aromatic nitrogens is 2. The summed E-state index contributed by atoms with van der Waals surface area (Å²) in [5, 5.41) is 48.4. The van der Waals surface area contributed by atoms with Crippen LogP contribution < -0.4 is 42.5 Å². The van der Waals surface area contributed by atoms with Crippen molar-refractivity contribution in [3.63, 3.8) is 0 Å². The molecule has 2 aliphatic rings. The summed E-state index contributed by atoms with van der Waals surface area (Å²) >= 11 is 1.21. The number of carbonyl (C=O) groups is 7. The number of H-pyrrole nitrogens is 1. The van der Waals surface area contributed by atoms with Crippen molar-refractivity contribution < 1.29 is 48.5 Å². The van der Waals surface area contributed by atoms with E-state index in [-0.39, 0.29) is 43.2 Å². The van der Waals surface area contributed by atoms with Crippen LogP contribution in [-0.2, 0) is 40.0 Å². The second kappa shape index (κ2) is 25.9. The Morgan fingerprint density at radius 1 is 0.879 bits per heavy atom. The first-order valence-electron chi connectivity index (χ1n) is 21.9. The second-order valence-corrected chi connectivity index (χ2v) is 17.3. The normalized spacial score (nSPS) is 17.3. The predicted octanol–water partition coefficient (Wildman–Crippen LogP) is 0.545. The summed E-state index contributed by atoms with van der Waals surface area (Å²) in [7, 11) is 0. The Balaban J connectivity index is 1.42. The number of anilines is 1. The number of rotatable bonds is 26. The zero-order valence-corrected chi connectivity index (χ0v) is 37.8. The van der Waals surface area contributed by atoms with Crippen molar-refractivity contribution in [3.05, 3.63) is 56.6 Å². The molecule has 1 aliphatic heterocycles. The number of nitrogens with zero attached hydrogens (tertiary/aromatic N) is 4. The van der Waals surface area contributed by atoms with E-state index in [1.807, 2.05) is 0 Å². The van der Waals surface area contributed by atoms with E-state index in [0.29, 0.717) is 37.9 Å². The molecule has 4 rings (SSSR count). The molecule has 6 atom stereocenters. The Kier molecular flexibility index (Phi) is 20.5. The Morgan fingerprint density at radius 3 is 2.23 bits per heavy atom. The lowest BCUT2D eigenvalue weighted by Gasteiger charge is -2.30. The minimum Gasteiger partial charge on any atom is -0.480 e. The van der Waals surface area contributed by atoms with Crippen molar-refractivity contribution in [1.29, 1.82) is 0 Å². The molecular formula is C41H60N12O12S. The number of aliphatic carboxylic acids is 1. The number of unbranched alkanes of at least 4 members (excludes halogenated alkanes) is 1. The number of thioether (sulfide) groups is 1. The highest BCUT2D eigenvalue weighted by atomic mass is 32.2. The predicted molar refractivity (Wildman–Crippen MR) is 241 cm³/mol. The van der Waals surface area contributed by atoms with Crippen LogP contribution in [0.2, 0.25) is 0 Å². The summed E-state index contributed by atoms with van der Waals surface area (Å²) < 4.78 is 0. The van der Waals surface area contributed by atoms with Gasteiger partial charge in [-0.3, -0.25) is 49.0 Å². The van der Waals surface area contributed by atoms with Gasteiger partial charge in [0, 0.05) is 36.7 Å². The zero-order valence-electron chi connectivity index (χ0n) is 37.0. The summed E-state index contributed by atoms with van der Waals surface area (Å²) in [6, 6.07) is -3.73. The molecule has 2 aromatic rings. The highest BCUT2D eigenvalue weighted by Gasteiger charge is 2.38. The molecule has 66 heavy (non-hydrogen) atoms. The minimum atomic E-state index is -1.29. The molecule has 0 unspecified atom stereocenters. The molecule has 362 valence electrons. The maximum atomic E-state index is 13.9. The van der Waals surface area contributed by atoms with Gasteiger partial charge in [0.15, 0.2) is 0 Å². The fraction of sp³-hybridized carbons (Fsp3) is 0.610. The maximum Gasteiger partial charge on any atom is 0.326 e. The maximum absolute atomic E-state index is 13.9. The number of hydrogen-bond acceptors (Lipinski definition) is 15. The summed E-state index contributed by atoms with van der Waals surface area (Å²) in [6.45, 7) is 1.37. The van der Waals surface area contributed by atoms with Gasteiger partial charge in [-0.1, -0.05) is 32.1 Å². The molecular weight excluding hydrogens is 885 g/mol. The van der Waals surface area contributed by atoms with Crippen LogP contribution in [0.5, 0.6) is 0 Å². The van der Waals surface area contributed by atoms with Gasteiger partial charge in [0.05, 0.1) is 28.8 Å². The number of imidazole rings is 1. The van der Waals surface area contributed by atoms with E-state index >= 15 is 0 Å². The van der Waals surface area contributed by atoms with Crippen molar-refractivity contribution >= 4 is 70.2 Å². The van der Waals surface area contributed by atoms with Crippen LogP contribution >= 0.6 is 11.8 Å². The molecule has 24 nitrogen and oxygen atoms in total. The number of non-ortho nitro benzene ring substituents is 1. The number of benzene rings is 1. The smallest absolute Gasteiger partial charge is 0.326 e. The van der Waals surface area contributed by atoms with E-state index in [4.69, 9.17) is 5.73 Å². The number of carbonyl (C=O) groups excluding carboxylic acids is 6. The third-order valence-electron chi connectivity index (χ3n) is 11.5. The molecule has 6 amide bonds. The molecule has 1 aliphatic carbocycles. The number of carboxylic acid groups (broad SMARTS) is 1. The average Bonchev–Trinajstić information content (AvgIpc) is 4.00. The fourth-order valence-electron chi connectivity index (χ4n) is 8.01. The van der Waals surface area contributed by atoms with E-state index < -0.39 is 105 Å². The standard InChI is InChI=1S/C41H60N12O12S/c1-24(36(55)48-28(41(60)61)11-6-7-15-42)46-38(57)30(18-26-20-43-23-45-26)49-39(58)31(22-66-2)47-35(54)21-44-37(56)29(17-25-9-4-3-5-10-25)50-40(59)33-12-8-16-51(33)32-14-13-27(52(62)63)19-34(32)53(64)65/h13-14,19-20,23-25,28-31,33H,3-12,15-18,21-22,42H2,1-2H3,(H,43,45)(H,44,56)(H,46,57)(H,47,54)(H,48,55)(H,49,58)(H,50,59)(H,60,61)/t24-,28-,29-,30-,31-,33-/m0/s1. The molecule has 2 heterocycles. The third kappa shape index (κ3) is 15.7. The van der Waals surface area contributed by atoms with Crippen LogP contribution in [0.25, 0.3) is 0 Å². The van der Waals surface area contributed by atoms with Crippen LogP contribution in [-0.4, -0.2) is 134 Å². The third-order valence-corrected chi connectivity index (χ3v) is 12.2. The van der Waals surface area contributed by atoms with Crippen molar-refractivity contribution in [1.82, 2.24) is 41.9 Å². The van der Waals surface area contributed by atoms with E-state index in [1.54, 1.807) is 6.26 Å². The molecule has 0 radical (unpaired) electrons. The van der Waals surface area contributed by atoms with Crippen LogP contribution in [0, 0.1) is 26.1 Å². The lowest BCUT2D eigenvalue weighted by Crippen LogP contribution is -2.58. The first-order chi connectivity index (χ1) is 31.5. The minimum absolute atomic E-state index is 0.0308. The number of nitro groups is 2. The Hall–Kier alpha value is -6.37. The largest absolute Gasteiger partial charge is 0.480 e. The van der Waals surface area contributed by atoms with Gasteiger partial charge in [-0.15, -0.1) is 0 Å². The van der Waals surface area contributed by atoms with Gasteiger partial charge >= 0.3 is 5.97 Å². The first kappa shape index (κ1) is 52.3. The number of hydrogen-bond donors (Lipinski definition) is 9. The molecule has 2 fully saturated rings. The van der Waals surface area contributed by atoms with Gasteiger partial charge in [-0.2, -0.15) is 11.8 Å². The molecule has 1 aromatic carbocycles. The SMILES string of the molecule is CSC[C@H](NC(=O)CNC(=O)[C@H](CC1CCCCC1)NC(=O)[C@@H]1CCCN1c1ccc([N+](=O)[O-])cc1[N+](=O)[O-])C(=O)N[C@@H](Cc1cnc[nH]1)C(=O)N[C@@H](C)C(=O)N[C@@H](CCCCN)C(=O)O. The zero-order chi connectivity index (χ0) is 48.3. The Labute approximate surface area is 384 Å². The average molecular weight is 945 g/mol. The highest BCUT2D eigenvalue weighted by Crippen LogP contribution is 2.36. The van der Waals surface area contributed by atoms with E-state index in [0.717, 1.165) is 44.2 Å². The lowest BCUT2D eigenvalue weighted by molar-refractivity contribution is -0.393. The van der Waals surface area contributed by atoms with E-state index in [1.165, 1.54) is 42.2 Å². The summed E-state index contributed by atoms with van der Waals surface area (Å²) in [5.41, 5.74) is 4.97. The van der Waals surface area contributed by atoms with E-state index in [9.17, 15) is 58.9 Å². The van der Waals surface area contributed by atoms with E-state index in [2.05, 4.69) is 41.9 Å². The summed E-state index contributed by atoms with van der Waals surface area (Å²) in [4.78, 5) is 123. The number of carboxylic acids is 1. The Bertz CT molecular complexity index is 2040. The molecule has 1 aromatic heterocycles. The second-order valence-electron chi connectivity index (χ2n) is 16.4. The van der Waals surface area contributed by atoms with Gasteiger partial charge in [0.2, 0.25) is 35.4 Å². The first-order valence-corrected chi connectivity index (χ1v) is 23.3. The van der Waals surface area contributed by atoms with Gasteiger partial charge in [0.25, 0.3) is 11.4 Å². The van der Waals surface area contributed by atoms with Gasteiger partial charge in [-0.05, 0) is 70.2 Å². The monoisotopic (exact) mass is 944 g/mol. The van der Waals surface area contributed by atoms with Crippen molar-refractivity contribution in [2.75, 3.05) is 36.5 Å². The lowest BCUT2D eigenvalue weighted by atomic mass is 9.84. The van der Waals surface area contributed by atoms with Crippen molar-refractivity contribution in [2.24, 2.45) is 11.7 Å². The van der Waals surface area contributed by atoms with Crippen LogP contribution in [0.1, 0.15) is 83.2 Å². The quantitative estimate of drug-likeness (QED) is 0.0353. The van der Waals surface area contributed by atoms with Crippen molar-refractivity contribution in [3.8, 4) is 0 Å². The number of nitro benzene ring substituents is 2. The molecule has 25 heteroatoms. The Morgan fingerprint density at radius 2 is 1.59 bits per heavy atom. The molecule has 10 N–H and O–H groups in total. The summed E-state index contributed by atoms with van der Waals surface area (Å²) in [6.07, 6.45) is 11.1. The van der Waals surface area contributed by atoms with Gasteiger partial charge < -0.3 is 52.6 Å². The number of nitrogens with one attached hydrogen (secondary N) is 7. The van der Waals surface area contributed by atoms with Gasteiger partial charge in [-0.25, -0.2) is 9.78 Å². The fourth-order valence-corrected chi connectivity index (χ4v) is 8.58.